The van der Waals surface area contributed by atoms with E-state index in [9.17, 15) is 5.11 Å². The van der Waals surface area contributed by atoms with Gasteiger partial charge in [0.25, 0.3) is 0 Å². The van der Waals surface area contributed by atoms with Gasteiger partial charge in [0.15, 0.2) is 0 Å². The normalized spacial score (nSPS) is 42.2. The summed E-state index contributed by atoms with van der Waals surface area (Å²) in [6, 6.07) is 0. The zero-order valence-electron chi connectivity index (χ0n) is 8.59. The smallest absolute Gasteiger partial charge is 0.0800 e. The quantitative estimate of drug-likeness (QED) is 0.597. The van der Waals surface area contributed by atoms with Gasteiger partial charge in [-0.2, -0.15) is 0 Å². The summed E-state index contributed by atoms with van der Waals surface area (Å²) < 4.78 is 0. The fraction of sp³-hybridized carbons (Fsp3) is 0.818. The molecule has 1 heteroatoms. The van der Waals surface area contributed by atoms with Crippen LogP contribution in [0.2, 0.25) is 0 Å². The van der Waals surface area contributed by atoms with Crippen LogP contribution in [-0.2, 0) is 0 Å². The minimum Gasteiger partial charge on any atom is -0.386 e. The van der Waals surface area contributed by atoms with Crippen LogP contribution in [0.1, 0.15) is 40.5 Å². The maximum Gasteiger partial charge on any atom is 0.0800 e. The van der Waals surface area contributed by atoms with Crippen molar-refractivity contribution in [2.45, 2.75) is 46.1 Å². The van der Waals surface area contributed by atoms with Crippen molar-refractivity contribution in [3.8, 4) is 0 Å². The Hall–Kier alpha value is -0.300. The van der Waals surface area contributed by atoms with Gasteiger partial charge >= 0.3 is 0 Å². The van der Waals surface area contributed by atoms with Crippen molar-refractivity contribution in [3.05, 3.63) is 12.2 Å². The van der Waals surface area contributed by atoms with Crippen LogP contribution in [0.15, 0.2) is 12.2 Å². The van der Waals surface area contributed by atoms with E-state index in [1.165, 1.54) is 0 Å². The van der Waals surface area contributed by atoms with E-state index >= 15 is 0 Å². The van der Waals surface area contributed by atoms with E-state index in [1.54, 1.807) is 0 Å². The summed E-state index contributed by atoms with van der Waals surface area (Å²) in [6.07, 6.45) is 6.12. The number of rotatable bonds is 1. The first-order valence-electron chi connectivity index (χ1n) is 4.78. The van der Waals surface area contributed by atoms with E-state index in [4.69, 9.17) is 0 Å². The van der Waals surface area contributed by atoms with E-state index in [0.29, 0.717) is 11.3 Å². The Balaban J connectivity index is 2.77. The third-order valence-corrected chi connectivity index (χ3v) is 3.31. The molecule has 0 fully saturated rings. The third-order valence-electron chi connectivity index (χ3n) is 3.31. The maximum absolute atomic E-state index is 9.70. The molecule has 0 bridgehead atoms. The highest BCUT2D eigenvalue weighted by Gasteiger charge is 2.33. The lowest BCUT2D eigenvalue weighted by Gasteiger charge is -2.38. The molecular formula is C11H20O. The summed E-state index contributed by atoms with van der Waals surface area (Å²) in [5, 5.41) is 9.70. The predicted molar refractivity (Wildman–Crippen MR) is 51.9 cm³/mol. The van der Waals surface area contributed by atoms with Gasteiger partial charge in [-0.3, -0.25) is 0 Å². The molecule has 70 valence electrons. The van der Waals surface area contributed by atoms with Crippen LogP contribution >= 0.6 is 0 Å². The summed E-state index contributed by atoms with van der Waals surface area (Å²) in [5.41, 5.74) is -0.267. The van der Waals surface area contributed by atoms with E-state index in [0.717, 1.165) is 12.8 Å². The predicted octanol–water partition coefficient (Wildman–Crippen LogP) is 2.75. The molecule has 0 unspecified atom stereocenters. The van der Waals surface area contributed by atoms with Gasteiger partial charge in [-0.15, -0.1) is 0 Å². The SMILES string of the molecule is CC(C)[C@]1(C)C=C[C@@](C)(O)CC1. The number of allylic oxidation sites excluding steroid dienone is 1. The van der Waals surface area contributed by atoms with E-state index in [-0.39, 0.29) is 0 Å². The first-order chi connectivity index (χ1) is 5.36. The number of aliphatic hydroxyl groups is 1. The minimum atomic E-state index is -0.561. The van der Waals surface area contributed by atoms with Crippen LogP contribution in [0.25, 0.3) is 0 Å². The fourth-order valence-corrected chi connectivity index (χ4v) is 1.54. The molecule has 1 aliphatic rings. The van der Waals surface area contributed by atoms with Crippen molar-refractivity contribution < 1.29 is 5.11 Å². The van der Waals surface area contributed by atoms with Crippen molar-refractivity contribution in [1.82, 2.24) is 0 Å². The van der Waals surface area contributed by atoms with Crippen LogP contribution in [0.4, 0.5) is 0 Å². The van der Waals surface area contributed by atoms with Gasteiger partial charge in [0, 0.05) is 0 Å². The lowest BCUT2D eigenvalue weighted by Crippen LogP contribution is -2.33. The van der Waals surface area contributed by atoms with Crippen molar-refractivity contribution in [1.29, 1.82) is 0 Å². The van der Waals surface area contributed by atoms with Gasteiger partial charge < -0.3 is 5.11 Å². The van der Waals surface area contributed by atoms with Gasteiger partial charge in [-0.25, -0.2) is 0 Å². The van der Waals surface area contributed by atoms with Gasteiger partial charge in [0.2, 0.25) is 0 Å². The molecule has 0 radical (unpaired) electrons. The molecule has 1 nitrogen and oxygen atoms in total. The van der Waals surface area contributed by atoms with Gasteiger partial charge in [-0.05, 0) is 31.1 Å². The highest BCUT2D eigenvalue weighted by molar-refractivity contribution is 5.11. The lowest BCUT2D eigenvalue weighted by molar-refractivity contribution is 0.0678. The molecule has 1 N–H and O–H groups in total. The summed E-state index contributed by atoms with van der Waals surface area (Å²) in [4.78, 5) is 0. The minimum absolute atomic E-state index is 0.294. The zero-order valence-corrected chi connectivity index (χ0v) is 8.59. The van der Waals surface area contributed by atoms with Crippen LogP contribution in [0.5, 0.6) is 0 Å². The van der Waals surface area contributed by atoms with Crippen LogP contribution in [-0.4, -0.2) is 10.7 Å². The molecule has 0 heterocycles. The Morgan fingerprint density at radius 2 is 1.75 bits per heavy atom. The maximum atomic E-state index is 9.70. The van der Waals surface area contributed by atoms with E-state index < -0.39 is 5.60 Å². The lowest BCUT2D eigenvalue weighted by atomic mass is 9.69. The van der Waals surface area contributed by atoms with Crippen molar-refractivity contribution in [3.63, 3.8) is 0 Å². The number of hydrogen-bond acceptors (Lipinski definition) is 1. The molecule has 0 aromatic heterocycles. The number of hydrogen-bond donors (Lipinski definition) is 1. The second-order valence-corrected chi connectivity index (χ2v) is 4.85. The first kappa shape index (κ1) is 9.79. The molecular weight excluding hydrogens is 148 g/mol. The van der Waals surface area contributed by atoms with E-state index in [2.05, 4.69) is 26.8 Å². The second kappa shape index (κ2) is 2.88. The zero-order chi connectivity index (χ0) is 9.41. The fourth-order valence-electron chi connectivity index (χ4n) is 1.54. The van der Waals surface area contributed by atoms with Crippen LogP contribution in [0, 0.1) is 11.3 Å². The Kier molecular flexibility index (Phi) is 2.35. The molecule has 0 aliphatic heterocycles. The van der Waals surface area contributed by atoms with Gasteiger partial charge in [0.1, 0.15) is 0 Å². The topological polar surface area (TPSA) is 20.2 Å². The average molecular weight is 168 g/mol. The summed E-state index contributed by atoms with van der Waals surface area (Å²) >= 11 is 0. The first-order valence-corrected chi connectivity index (χ1v) is 4.78. The molecule has 0 saturated heterocycles. The summed E-state index contributed by atoms with van der Waals surface area (Å²) in [6.45, 7) is 8.63. The summed E-state index contributed by atoms with van der Waals surface area (Å²) in [5.74, 6) is 0.657. The Morgan fingerprint density at radius 1 is 1.17 bits per heavy atom. The highest BCUT2D eigenvalue weighted by Crippen LogP contribution is 2.40. The Bertz CT molecular complexity index is 191. The largest absolute Gasteiger partial charge is 0.386 e. The second-order valence-electron chi connectivity index (χ2n) is 4.85. The van der Waals surface area contributed by atoms with Gasteiger partial charge in [-0.1, -0.05) is 32.9 Å². The third kappa shape index (κ3) is 1.89. The van der Waals surface area contributed by atoms with Crippen LogP contribution in [0.3, 0.4) is 0 Å². The van der Waals surface area contributed by atoms with Gasteiger partial charge in [0.05, 0.1) is 5.60 Å². The molecule has 0 aromatic rings. The molecule has 0 saturated carbocycles. The highest BCUT2D eigenvalue weighted by atomic mass is 16.3. The molecule has 1 aliphatic carbocycles. The van der Waals surface area contributed by atoms with Crippen molar-refractivity contribution in [2.24, 2.45) is 11.3 Å². The summed E-state index contributed by atoms with van der Waals surface area (Å²) in [7, 11) is 0. The molecule has 0 spiro atoms. The monoisotopic (exact) mass is 168 g/mol. The van der Waals surface area contributed by atoms with Crippen LogP contribution < -0.4 is 0 Å². The molecule has 0 aromatic carbocycles. The molecule has 0 amide bonds. The van der Waals surface area contributed by atoms with Crippen molar-refractivity contribution in [2.75, 3.05) is 0 Å². The average Bonchev–Trinajstić information content (AvgIpc) is 1.96. The van der Waals surface area contributed by atoms with E-state index in [1.807, 2.05) is 13.0 Å². The molecule has 2 atom stereocenters. The van der Waals surface area contributed by atoms with Crippen molar-refractivity contribution >= 4 is 0 Å². The molecule has 12 heavy (non-hydrogen) atoms. The molecule has 1 rings (SSSR count). The standard InChI is InChI=1S/C11H20O/c1-9(2)10(3)5-7-11(4,12)8-6-10/h5,7,9,12H,6,8H2,1-4H3/t10-,11-/m1/s1. The Labute approximate surface area is 75.5 Å². The Morgan fingerprint density at radius 3 is 2.08 bits per heavy atom.